The molecule has 0 aliphatic rings. The Morgan fingerprint density at radius 3 is 2.52 bits per heavy atom. The zero-order chi connectivity index (χ0) is 16.2. The molecular formula is C15H22FN3O2. The van der Waals surface area contributed by atoms with Crippen LogP contribution in [0, 0.1) is 18.7 Å². The maximum atomic E-state index is 13.6. The van der Waals surface area contributed by atoms with Gasteiger partial charge in [-0.1, -0.05) is 13.8 Å². The summed E-state index contributed by atoms with van der Waals surface area (Å²) in [5.41, 5.74) is 6.31. The van der Waals surface area contributed by atoms with Crippen molar-refractivity contribution in [1.29, 1.82) is 0 Å². The minimum absolute atomic E-state index is 0.0824. The molecule has 3 N–H and O–H groups in total. The Hall–Kier alpha value is -2.11. The molecule has 0 atom stereocenters. The molecule has 0 fully saturated rings. The molecule has 6 heteroatoms. The Morgan fingerprint density at radius 1 is 1.38 bits per heavy atom. The quantitative estimate of drug-likeness (QED) is 0.809. The predicted octanol–water partition coefficient (Wildman–Crippen LogP) is 1.56. The number of anilines is 1. The average Bonchev–Trinajstić information content (AvgIpc) is 2.41. The van der Waals surface area contributed by atoms with Crippen LogP contribution in [-0.2, 0) is 4.79 Å². The Morgan fingerprint density at radius 2 is 2.00 bits per heavy atom. The number of amides is 2. The Bertz CT molecular complexity index is 521. The van der Waals surface area contributed by atoms with Crippen LogP contribution in [0.15, 0.2) is 12.1 Å². The first-order chi connectivity index (χ1) is 9.72. The third-order valence-electron chi connectivity index (χ3n) is 3.07. The summed E-state index contributed by atoms with van der Waals surface area (Å²) < 4.78 is 13.6. The second-order valence-electron chi connectivity index (χ2n) is 5.53. The molecule has 2 amide bonds. The van der Waals surface area contributed by atoms with E-state index in [2.05, 4.69) is 5.32 Å². The Balaban J connectivity index is 2.72. The first kappa shape index (κ1) is 16.9. The van der Waals surface area contributed by atoms with Crippen molar-refractivity contribution in [2.75, 3.05) is 25.9 Å². The molecule has 0 heterocycles. The van der Waals surface area contributed by atoms with Crippen molar-refractivity contribution >= 4 is 17.5 Å². The number of likely N-dealkylation sites (N-methyl/N-ethyl adjacent to an activating group) is 1. The molecule has 0 spiro atoms. The number of halogens is 1. The molecule has 21 heavy (non-hydrogen) atoms. The normalized spacial score (nSPS) is 10.6. The maximum Gasteiger partial charge on any atom is 0.254 e. The lowest BCUT2D eigenvalue weighted by molar-refractivity contribution is -0.121. The smallest absolute Gasteiger partial charge is 0.254 e. The van der Waals surface area contributed by atoms with Crippen LogP contribution in [0.1, 0.15) is 29.8 Å². The summed E-state index contributed by atoms with van der Waals surface area (Å²) >= 11 is 0. The molecule has 0 saturated heterocycles. The lowest BCUT2D eigenvalue weighted by Gasteiger charge is -2.18. The maximum absolute atomic E-state index is 13.6. The van der Waals surface area contributed by atoms with E-state index in [0.717, 1.165) is 6.07 Å². The minimum Gasteiger partial charge on any atom is -0.398 e. The molecule has 0 radical (unpaired) electrons. The van der Waals surface area contributed by atoms with E-state index < -0.39 is 11.7 Å². The number of hydrogen-bond donors (Lipinski definition) is 2. The molecule has 1 rings (SSSR count). The van der Waals surface area contributed by atoms with Crippen LogP contribution >= 0.6 is 0 Å². The van der Waals surface area contributed by atoms with Crippen molar-refractivity contribution in [1.82, 2.24) is 10.2 Å². The van der Waals surface area contributed by atoms with E-state index in [9.17, 15) is 14.0 Å². The highest BCUT2D eigenvalue weighted by Gasteiger charge is 2.17. The molecule has 0 saturated carbocycles. The van der Waals surface area contributed by atoms with E-state index in [1.54, 1.807) is 6.92 Å². The zero-order valence-corrected chi connectivity index (χ0v) is 12.9. The van der Waals surface area contributed by atoms with Crippen LogP contribution in [0.3, 0.4) is 0 Å². The second-order valence-corrected chi connectivity index (χ2v) is 5.53. The van der Waals surface area contributed by atoms with Crippen LogP contribution in [-0.4, -0.2) is 36.9 Å². The molecule has 0 unspecified atom stereocenters. The number of nitrogens with two attached hydrogens (primary N) is 1. The van der Waals surface area contributed by atoms with Gasteiger partial charge < -0.3 is 16.0 Å². The number of nitrogen functional groups attached to an aromatic ring is 1. The van der Waals surface area contributed by atoms with Crippen molar-refractivity contribution in [3.63, 3.8) is 0 Å². The number of carbonyl (C=O) groups excluding carboxylic acids is 2. The van der Waals surface area contributed by atoms with Crippen molar-refractivity contribution in [2.45, 2.75) is 20.8 Å². The summed E-state index contributed by atoms with van der Waals surface area (Å²) in [6.45, 7) is 5.97. The molecular weight excluding hydrogens is 273 g/mol. The summed E-state index contributed by atoms with van der Waals surface area (Å²) in [7, 11) is 1.49. The third kappa shape index (κ3) is 4.73. The summed E-state index contributed by atoms with van der Waals surface area (Å²) in [5, 5.41) is 2.72. The van der Waals surface area contributed by atoms with Crippen LogP contribution in [0.25, 0.3) is 0 Å². The van der Waals surface area contributed by atoms with E-state index in [4.69, 9.17) is 5.73 Å². The van der Waals surface area contributed by atoms with Gasteiger partial charge in [-0.25, -0.2) is 4.39 Å². The lowest BCUT2D eigenvalue weighted by atomic mass is 10.1. The molecule has 0 bridgehead atoms. The molecule has 1 aromatic carbocycles. The molecule has 5 nitrogen and oxygen atoms in total. The first-order valence-corrected chi connectivity index (χ1v) is 6.80. The molecule has 0 aromatic heterocycles. The van der Waals surface area contributed by atoms with Gasteiger partial charge in [0.15, 0.2) is 0 Å². The van der Waals surface area contributed by atoms with Crippen LogP contribution < -0.4 is 11.1 Å². The fraction of sp³-hybridized carbons (Fsp3) is 0.467. The van der Waals surface area contributed by atoms with Gasteiger partial charge in [-0.15, -0.1) is 0 Å². The zero-order valence-electron chi connectivity index (χ0n) is 12.9. The fourth-order valence-corrected chi connectivity index (χ4v) is 1.71. The van der Waals surface area contributed by atoms with Crippen LogP contribution in [0.4, 0.5) is 10.1 Å². The Kier molecular flexibility index (Phi) is 5.69. The van der Waals surface area contributed by atoms with Crippen molar-refractivity contribution in [3.05, 3.63) is 29.1 Å². The highest BCUT2D eigenvalue weighted by atomic mass is 19.1. The second kappa shape index (κ2) is 7.06. The van der Waals surface area contributed by atoms with E-state index in [1.807, 2.05) is 13.8 Å². The summed E-state index contributed by atoms with van der Waals surface area (Å²) in [6.07, 6.45) is 0. The lowest BCUT2D eigenvalue weighted by Crippen LogP contribution is -2.39. The van der Waals surface area contributed by atoms with Gasteiger partial charge in [-0.2, -0.15) is 0 Å². The monoisotopic (exact) mass is 295 g/mol. The standard InChI is InChI=1S/C15H22FN3O2/c1-9(2)7-18-14(20)8-19(4)15(21)11-5-12(16)10(3)13(17)6-11/h5-6,9H,7-8,17H2,1-4H3,(H,18,20). The highest BCUT2D eigenvalue weighted by molar-refractivity contribution is 5.97. The van der Waals surface area contributed by atoms with Gasteiger partial charge in [-0.3, -0.25) is 9.59 Å². The summed E-state index contributed by atoms with van der Waals surface area (Å²) in [6, 6.07) is 2.56. The minimum atomic E-state index is -0.531. The number of rotatable bonds is 5. The molecule has 1 aromatic rings. The summed E-state index contributed by atoms with van der Waals surface area (Å²) in [4.78, 5) is 25.1. The average molecular weight is 295 g/mol. The van der Waals surface area contributed by atoms with Gasteiger partial charge in [-0.05, 0) is 25.0 Å². The Labute approximate surface area is 124 Å². The SMILES string of the molecule is Cc1c(N)cc(C(=O)N(C)CC(=O)NCC(C)C)cc1F. The third-order valence-corrected chi connectivity index (χ3v) is 3.07. The number of hydrogen-bond acceptors (Lipinski definition) is 3. The van der Waals surface area contributed by atoms with Gasteiger partial charge >= 0.3 is 0 Å². The topological polar surface area (TPSA) is 75.4 Å². The van der Waals surface area contributed by atoms with Crippen molar-refractivity contribution in [2.24, 2.45) is 5.92 Å². The van der Waals surface area contributed by atoms with Gasteiger partial charge in [0.05, 0.1) is 6.54 Å². The molecule has 0 aliphatic carbocycles. The van der Waals surface area contributed by atoms with E-state index >= 15 is 0 Å². The fourth-order valence-electron chi connectivity index (χ4n) is 1.71. The molecule has 0 aliphatic heterocycles. The van der Waals surface area contributed by atoms with Crippen molar-refractivity contribution < 1.29 is 14.0 Å². The van der Waals surface area contributed by atoms with Crippen LogP contribution in [0.5, 0.6) is 0 Å². The van der Waals surface area contributed by atoms with Crippen LogP contribution in [0.2, 0.25) is 0 Å². The number of carbonyl (C=O) groups is 2. The van der Waals surface area contributed by atoms with Gasteiger partial charge in [0.25, 0.3) is 5.91 Å². The summed E-state index contributed by atoms with van der Waals surface area (Å²) in [5.74, 6) is -0.891. The van der Waals surface area contributed by atoms with Gasteiger partial charge in [0.2, 0.25) is 5.91 Å². The predicted molar refractivity (Wildman–Crippen MR) is 80.4 cm³/mol. The number of nitrogens with one attached hydrogen (secondary N) is 1. The first-order valence-electron chi connectivity index (χ1n) is 6.80. The van der Waals surface area contributed by atoms with Gasteiger partial charge in [0, 0.05) is 30.4 Å². The number of nitrogens with zero attached hydrogens (tertiary/aromatic N) is 1. The van der Waals surface area contributed by atoms with E-state index in [-0.39, 0.29) is 23.7 Å². The van der Waals surface area contributed by atoms with E-state index in [0.29, 0.717) is 18.0 Å². The van der Waals surface area contributed by atoms with Gasteiger partial charge in [0.1, 0.15) is 5.82 Å². The van der Waals surface area contributed by atoms with E-state index in [1.165, 1.54) is 18.0 Å². The largest absolute Gasteiger partial charge is 0.398 e. The molecule has 116 valence electrons. The van der Waals surface area contributed by atoms with Crippen molar-refractivity contribution in [3.8, 4) is 0 Å². The number of benzene rings is 1. The highest BCUT2D eigenvalue weighted by Crippen LogP contribution is 2.18.